The van der Waals surface area contributed by atoms with Crippen molar-refractivity contribution in [3.8, 4) is 11.5 Å². The minimum absolute atomic E-state index is 0.120. The number of nitrogens with zero attached hydrogens (tertiary/aromatic N) is 1. The molecule has 0 aromatic heterocycles. The summed E-state index contributed by atoms with van der Waals surface area (Å²) in [6.45, 7) is 0.452. The van der Waals surface area contributed by atoms with E-state index in [0.29, 0.717) is 18.0 Å². The summed E-state index contributed by atoms with van der Waals surface area (Å²) >= 11 is 9.51. The molecule has 0 N–H and O–H groups in total. The number of benzene rings is 2. The molecule has 1 atom stereocenters. The zero-order valence-electron chi connectivity index (χ0n) is 14.4. The fraction of sp³-hybridized carbons (Fsp3) is 0.333. The highest BCUT2D eigenvalue weighted by Gasteiger charge is 2.37. The number of methoxy groups -OCH3 is 2. The number of hydrogen-bond acceptors (Lipinski definition) is 4. The summed E-state index contributed by atoms with van der Waals surface area (Å²) < 4.78 is 39.3. The normalized spacial score (nSPS) is 18.1. The number of rotatable bonds is 5. The van der Waals surface area contributed by atoms with Crippen LogP contribution in [0.5, 0.6) is 11.5 Å². The lowest BCUT2D eigenvalue weighted by Crippen LogP contribution is -2.31. The van der Waals surface area contributed by atoms with Crippen LogP contribution in [0.25, 0.3) is 0 Å². The molecule has 26 heavy (non-hydrogen) atoms. The average Bonchev–Trinajstić information content (AvgIpc) is 3.11. The van der Waals surface area contributed by atoms with E-state index in [4.69, 9.17) is 21.1 Å². The summed E-state index contributed by atoms with van der Waals surface area (Å²) in [5.74, 6) is 1.19. The third kappa shape index (κ3) is 3.58. The molecule has 0 amide bonds. The molecule has 1 aliphatic heterocycles. The molecule has 0 radical (unpaired) electrons. The molecule has 1 unspecified atom stereocenters. The highest BCUT2D eigenvalue weighted by molar-refractivity contribution is 9.10. The second-order valence-electron chi connectivity index (χ2n) is 5.96. The van der Waals surface area contributed by atoms with Gasteiger partial charge in [-0.3, -0.25) is 0 Å². The van der Waals surface area contributed by atoms with Gasteiger partial charge in [-0.2, -0.15) is 4.31 Å². The third-order valence-electron chi connectivity index (χ3n) is 4.48. The summed E-state index contributed by atoms with van der Waals surface area (Å²) in [5.41, 5.74) is 0.872. The molecule has 0 saturated carbocycles. The van der Waals surface area contributed by atoms with Gasteiger partial charge in [0, 0.05) is 11.0 Å². The molecule has 0 aliphatic carbocycles. The van der Waals surface area contributed by atoms with E-state index in [2.05, 4.69) is 15.9 Å². The van der Waals surface area contributed by atoms with Gasteiger partial charge in [-0.05, 0) is 48.7 Å². The Morgan fingerprint density at radius 2 is 1.85 bits per heavy atom. The second-order valence-corrected chi connectivity index (χ2v) is 9.14. The van der Waals surface area contributed by atoms with Crippen LogP contribution in [0.4, 0.5) is 0 Å². The van der Waals surface area contributed by atoms with E-state index < -0.39 is 10.0 Å². The molecule has 1 aliphatic rings. The monoisotopic (exact) mass is 459 g/mol. The SMILES string of the molecule is COc1ccc(C2CCCN2S(=O)(=O)c2ccc(Br)cc2Cl)cc1OC. The van der Waals surface area contributed by atoms with E-state index in [9.17, 15) is 8.42 Å². The summed E-state index contributed by atoms with van der Waals surface area (Å²) in [6.07, 6.45) is 1.52. The van der Waals surface area contributed by atoms with Gasteiger partial charge in [0.15, 0.2) is 11.5 Å². The molecule has 0 bridgehead atoms. The Kier molecular flexibility index (Phi) is 5.81. The van der Waals surface area contributed by atoms with Gasteiger partial charge in [-0.1, -0.05) is 33.6 Å². The highest BCUT2D eigenvalue weighted by atomic mass is 79.9. The molecule has 1 fully saturated rings. The van der Waals surface area contributed by atoms with Crippen molar-refractivity contribution in [3.05, 3.63) is 51.5 Å². The standard InChI is InChI=1S/C18H19BrClNO4S/c1-24-16-7-5-12(10-17(16)25-2)15-4-3-9-21(15)26(22,23)18-8-6-13(19)11-14(18)20/h5-8,10-11,15H,3-4,9H2,1-2H3. The third-order valence-corrected chi connectivity index (χ3v) is 7.36. The van der Waals surface area contributed by atoms with Gasteiger partial charge in [0.25, 0.3) is 0 Å². The smallest absolute Gasteiger partial charge is 0.245 e. The summed E-state index contributed by atoms with van der Waals surface area (Å²) in [6, 6.07) is 10.1. The van der Waals surface area contributed by atoms with Crippen LogP contribution in [0, 0.1) is 0 Å². The molecule has 5 nitrogen and oxygen atoms in total. The molecule has 0 spiro atoms. The van der Waals surface area contributed by atoms with Crippen LogP contribution in [0.1, 0.15) is 24.4 Å². The van der Waals surface area contributed by atoms with E-state index in [0.717, 1.165) is 22.9 Å². The molecule has 1 saturated heterocycles. The first kappa shape index (κ1) is 19.5. The first-order valence-electron chi connectivity index (χ1n) is 8.07. The van der Waals surface area contributed by atoms with Crippen LogP contribution in [-0.2, 0) is 10.0 Å². The molecule has 3 rings (SSSR count). The van der Waals surface area contributed by atoms with Crippen LogP contribution in [-0.4, -0.2) is 33.5 Å². The zero-order valence-corrected chi connectivity index (χ0v) is 17.6. The molecule has 2 aromatic carbocycles. The van der Waals surface area contributed by atoms with Gasteiger partial charge >= 0.3 is 0 Å². The Hall–Kier alpha value is -1.28. The van der Waals surface area contributed by atoms with Gasteiger partial charge in [-0.25, -0.2) is 8.42 Å². The van der Waals surface area contributed by atoms with Crippen LogP contribution in [0.15, 0.2) is 45.8 Å². The lowest BCUT2D eigenvalue weighted by molar-refractivity contribution is 0.351. The fourth-order valence-electron chi connectivity index (χ4n) is 3.23. The number of hydrogen-bond donors (Lipinski definition) is 0. The van der Waals surface area contributed by atoms with E-state index in [1.807, 2.05) is 12.1 Å². The Labute approximate surface area is 167 Å². The van der Waals surface area contributed by atoms with Crippen molar-refractivity contribution < 1.29 is 17.9 Å². The topological polar surface area (TPSA) is 55.8 Å². The van der Waals surface area contributed by atoms with Crippen molar-refractivity contribution in [2.75, 3.05) is 20.8 Å². The fourth-order valence-corrected chi connectivity index (χ4v) is 5.93. The van der Waals surface area contributed by atoms with Crippen molar-refractivity contribution in [3.63, 3.8) is 0 Å². The Bertz CT molecular complexity index is 919. The first-order valence-corrected chi connectivity index (χ1v) is 10.7. The predicted molar refractivity (Wildman–Crippen MR) is 105 cm³/mol. The lowest BCUT2D eigenvalue weighted by Gasteiger charge is -2.25. The number of ether oxygens (including phenoxy) is 2. The summed E-state index contributed by atoms with van der Waals surface area (Å²) in [7, 11) is -0.579. The van der Waals surface area contributed by atoms with Gasteiger partial charge in [-0.15, -0.1) is 0 Å². The first-order chi connectivity index (χ1) is 12.4. The summed E-state index contributed by atoms with van der Waals surface area (Å²) in [5, 5.41) is 0.206. The van der Waals surface area contributed by atoms with Gasteiger partial charge in [0.2, 0.25) is 10.0 Å². The van der Waals surface area contributed by atoms with E-state index in [-0.39, 0.29) is 16.0 Å². The average molecular weight is 461 g/mol. The van der Waals surface area contributed by atoms with E-state index in [1.54, 1.807) is 32.4 Å². The van der Waals surface area contributed by atoms with Crippen molar-refractivity contribution in [2.24, 2.45) is 0 Å². The van der Waals surface area contributed by atoms with Crippen molar-refractivity contribution in [1.82, 2.24) is 4.31 Å². The zero-order chi connectivity index (χ0) is 18.9. The van der Waals surface area contributed by atoms with E-state index in [1.165, 1.54) is 10.4 Å². The Morgan fingerprint density at radius 3 is 2.50 bits per heavy atom. The van der Waals surface area contributed by atoms with Crippen LogP contribution < -0.4 is 9.47 Å². The van der Waals surface area contributed by atoms with E-state index >= 15 is 0 Å². The van der Waals surface area contributed by atoms with Gasteiger partial charge < -0.3 is 9.47 Å². The molecular formula is C18H19BrClNO4S. The maximum absolute atomic E-state index is 13.2. The van der Waals surface area contributed by atoms with Crippen molar-refractivity contribution in [1.29, 1.82) is 0 Å². The Morgan fingerprint density at radius 1 is 1.12 bits per heavy atom. The molecule has 1 heterocycles. The number of sulfonamides is 1. The molecule has 8 heteroatoms. The Balaban J connectivity index is 2.00. The minimum atomic E-state index is -3.71. The predicted octanol–water partition coefficient (Wildman–Crippen LogP) is 4.65. The second kappa shape index (κ2) is 7.76. The van der Waals surface area contributed by atoms with Crippen LogP contribution in [0.3, 0.4) is 0 Å². The van der Waals surface area contributed by atoms with Crippen LogP contribution >= 0.6 is 27.5 Å². The van der Waals surface area contributed by atoms with Crippen LogP contribution in [0.2, 0.25) is 5.02 Å². The molecule has 2 aromatic rings. The highest BCUT2D eigenvalue weighted by Crippen LogP contribution is 2.41. The number of halogens is 2. The van der Waals surface area contributed by atoms with Crippen molar-refractivity contribution in [2.45, 2.75) is 23.8 Å². The van der Waals surface area contributed by atoms with Gasteiger partial charge in [0.1, 0.15) is 4.90 Å². The quantitative estimate of drug-likeness (QED) is 0.652. The maximum atomic E-state index is 13.2. The van der Waals surface area contributed by atoms with Gasteiger partial charge in [0.05, 0.1) is 25.3 Å². The minimum Gasteiger partial charge on any atom is -0.493 e. The molecular weight excluding hydrogens is 442 g/mol. The maximum Gasteiger partial charge on any atom is 0.245 e. The largest absolute Gasteiger partial charge is 0.493 e. The molecule has 140 valence electrons. The summed E-state index contributed by atoms with van der Waals surface area (Å²) in [4.78, 5) is 0.120. The van der Waals surface area contributed by atoms with Crippen molar-refractivity contribution >= 4 is 37.6 Å². The lowest BCUT2D eigenvalue weighted by atomic mass is 10.0.